The molecular formula is C9H13BrN4. The first-order valence-electron chi connectivity index (χ1n) is 4.75. The maximum atomic E-state index is 5.83. The summed E-state index contributed by atoms with van der Waals surface area (Å²) in [6.45, 7) is 1.91. The molecule has 0 aliphatic carbocycles. The maximum Gasteiger partial charge on any atom is 0.226 e. The van der Waals surface area contributed by atoms with Gasteiger partial charge in [0.25, 0.3) is 0 Å². The van der Waals surface area contributed by atoms with Gasteiger partial charge in [0.1, 0.15) is 4.60 Å². The molecule has 5 heteroatoms. The highest BCUT2D eigenvalue weighted by Gasteiger charge is 2.17. The number of hydrogen-bond donors (Lipinski definition) is 1. The summed E-state index contributed by atoms with van der Waals surface area (Å²) in [6, 6.07) is 2.18. The molecule has 0 radical (unpaired) electrons. The first kappa shape index (κ1) is 9.86. The summed E-state index contributed by atoms with van der Waals surface area (Å²) in [5, 5.41) is 0. The Labute approximate surface area is 91.7 Å². The van der Waals surface area contributed by atoms with E-state index < -0.39 is 0 Å². The average molecular weight is 257 g/mol. The van der Waals surface area contributed by atoms with Crippen LogP contribution in [0.2, 0.25) is 0 Å². The van der Waals surface area contributed by atoms with Crippen LogP contribution in [0.5, 0.6) is 0 Å². The molecular weight excluding hydrogens is 244 g/mol. The highest BCUT2D eigenvalue weighted by atomic mass is 79.9. The number of halogens is 1. The van der Waals surface area contributed by atoms with Crippen LogP contribution < -0.4 is 10.6 Å². The van der Waals surface area contributed by atoms with Crippen LogP contribution >= 0.6 is 15.9 Å². The highest BCUT2D eigenvalue weighted by Crippen LogP contribution is 2.16. The van der Waals surface area contributed by atoms with Gasteiger partial charge in [-0.15, -0.1) is 0 Å². The smallest absolute Gasteiger partial charge is 0.226 e. The van der Waals surface area contributed by atoms with Crippen LogP contribution in [0.1, 0.15) is 12.8 Å². The van der Waals surface area contributed by atoms with Gasteiger partial charge in [0.2, 0.25) is 5.95 Å². The fourth-order valence-corrected chi connectivity index (χ4v) is 1.86. The molecule has 0 unspecified atom stereocenters. The Morgan fingerprint density at radius 3 is 2.79 bits per heavy atom. The third kappa shape index (κ3) is 2.22. The molecule has 0 aromatic carbocycles. The summed E-state index contributed by atoms with van der Waals surface area (Å²) in [7, 11) is 0. The summed E-state index contributed by atoms with van der Waals surface area (Å²) >= 11 is 3.34. The van der Waals surface area contributed by atoms with E-state index in [1.807, 2.05) is 6.07 Å². The van der Waals surface area contributed by atoms with Crippen molar-refractivity contribution in [2.45, 2.75) is 18.9 Å². The monoisotopic (exact) mass is 256 g/mol. The molecule has 14 heavy (non-hydrogen) atoms. The van der Waals surface area contributed by atoms with Crippen molar-refractivity contribution in [1.82, 2.24) is 9.97 Å². The molecule has 1 saturated heterocycles. The number of aromatic nitrogens is 2. The number of nitrogens with two attached hydrogens (primary N) is 1. The first-order valence-corrected chi connectivity index (χ1v) is 5.54. The zero-order valence-corrected chi connectivity index (χ0v) is 9.44. The standard InChI is InChI=1S/C9H13BrN4/c10-8-1-4-12-9(13-8)14-5-2-7(11)3-6-14/h1,4,7H,2-3,5-6,11H2. The van der Waals surface area contributed by atoms with Crippen molar-refractivity contribution >= 4 is 21.9 Å². The summed E-state index contributed by atoms with van der Waals surface area (Å²) in [5.74, 6) is 0.797. The largest absolute Gasteiger partial charge is 0.341 e. The van der Waals surface area contributed by atoms with Crippen LogP contribution in [-0.4, -0.2) is 29.1 Å². The van der Waals surface area contributed by atoms with Crippen molar-refractivity contribution in [3.8, 4) is 0 Å². The molecule has 0 spiro atoms. The van der Waals surface area contributed by atoms with Gasteiger partial charge in [0, 0.05) is 25.3 Å². The highest BCUT2D eigenvalue weighted by molar-refractivity contribution is 9.10. The summed E-state index contributed by atoms with van der Waals surface area (Å²) < 4.78 is 0.831. The molecule has 2 heterocycles. The van der Waals surface area contributed by atoms with Crippen LogP contribution in [-0.2, 0) is 0 Å². The van der Waals surface area contributed by atoms with Crippen molar-refractivity contribution in [2.75, 3.05) is 18.0 Å². The van der Waals surface area contributed by atoms with E-state index in [1.165, 1.54) is 0 Å². The number of hydrogen-bond acceptors (Lipinski definition) is 4. The molecule has 4 nitrogen and oxygen atoms in total. The lowest BCUT2D eigenvalue weighted by Gasteiger charge is -2.29. The Kier molecular flexibility index (Phi) is 2.98. The van der Waals surface area contributed by atoms with E-state index in [-0.39, 0.29) is 0 Å². The normalized spacial score (nSPS) is 18.6. The Morgan fingerprint density at radius 2 is 2.14 bits per heavy atom. The van der Waals surface area contributed by atoms with Crippen molar-refractivity contribution in [3.63, 3.8) is 0 Å². The van der Waals surface area contributed by atoms with E-state index in [0.717, 1.165) is 36.5 Å². The van der Waals surface area contributed by atoms with Crippen molar-refractivity contribution in [2.24, 2.45) is 5.73 Å². The minimum Gasteiger partial charge on any atom is -0.341 e. The third-order valence-corrected chi connectivity index (χ3v) is 2.87. The topological polar surface area (TPSA) is 55.0 Å². The van der Waals surface area contributed by atoms with Gasteiger partial charge < -0.3 is 10.6 Å². The molecule has 2 rings (SSSR count). The number of rotatable bonds is 1. The second-order valence-corrected chi connectivity index (χ2v) is 4.32. The molecule has 1 aliphatic heterocycles. The SMILES string of the molecule is NC1CCN(c2nccc(Br)n2)CC1. The predicted octanol–water partition coefficient (Wildman–Crippen LogP) is 1.17. The number of nitrogens with zero attached hydrogens (tertiary/aromatic N) is 3. The predicted molar refractivity (Wildman–Crippen MR) is 59.2 cm³/mol. The van der Waals surface area contributed by atoms with E-state index in [9.17, 15) is 0 Å². The van der Waals surface area contributed by atoms with E-state index in [0.29, 0.717) is 6.04 Å². The molecule has 1 aromatic rings. The van der Waals surface area contributed by atoms with E-state index >= 15 is 0 Å². The lowest BCUT2D eigenvalue weighted by molar-refractivity contribution is 0.495. The quantitative estimate of drug-likeness (QED) is 0.767. The molecule has 0 bridgehead atoms. The fourth-order valence-electron chi connectivity index (χ4n) is 1.58. The number of piperidine rings is 1. The van der Waals surface area contributed by atoms with Crippen LogP contribution in [0.15, 0.2) is 16.9 Å². The Morgan fingerprint density at radius 1 is 1.43 bits per heavy atom. The zero-order chi connectivity index (χ0) is 9.97. The van der Waals surface area contributed by atoms with Crippen molar-refractivity contribution in [3.05, 3.63) is 16.9 Å². The zero-order valence-electron chi connectivity index (χ0n) is 7.86. The van der Waals surface area contributed by atoms with Gasteiger partial charge in [-0.3, -0.25) is 0 Å². The molecule has 76 valence electrons. The van der Waals surface area contributed by atoms with Gasteiger partial charge in [-0.25, -0.2) is 9.97 Å². The molecule has 0 saturated carbocycles. The minimum absolute atomic E-state index is 0.346. The van der Waals surface area contributed by atoms with Crippen LogP contribution in [0, 0.1) is 0 Å². The fraction of sp³-hybridized carbons (Fsp3) is 0.556. The van der Waals surface area contributed by atoms with Crippen LogP contribution in [0.4, 0.5) is 5.95 Å². The molecule has 2 N–H and O–H groups in total. The van der Waals surface area contributed by atoms with Gasteiger partial charge in [-0.05, 0) is 34.8 Å². The van der Waals surface area contributed by atoms with Crippen LogP contribution in [0.25, 0.3) is 0 Å². The first-order chi connectivity index (χ1) is 6.75. The average Bonchev–Trinajstić information content (AvgIpc) is 2.19. The maximum absolute atomic E-state index is 5.83. The lowest BCUT2D eigenvalue weighted by atomic mass is 10.1. The molecule has 0 atom stereocenters. The molecule has 0 amide bonds. The van der Waals surface area contributed by atoms with Gasteiger partial charge in [0.15, 0.2) is 0 Å². The second kappa shape index (κ2) is 4.23. The number of anilines is 1. The Bertz CT molecular complexity index is 309. The third-order valence-electron chi connectivity index (χ3n) is 2.43. The second-order valence-electron chi connectivity index (χ2n) is 3.50. The molecule has 1 aliphatic rings. The van der Waals surface area contributed by atoms with Gasteiger partial charge >= 0.3 is 0 Å². The summed E-state index contributed by atoms with van der Waals surface area (Å²) in [4.78, 5) is 10.7. The molecule has 1 aromatic heterocycles. The van der Waals surface area contributed by atoms with Gasteiger partial charge in [0.05, 0.1) is 0 Å². The molecule has 1 fully saturated rings. The van der Waals surface area contributed by atoms with Crippen LogP contribution in [0.3, 0.4) is 0 Å². The lowest BCUT2D eigenvalue weighted by Crippen LogP contribution is -2.40. The van der Waals surface area contributed by atoms with E-state index in [4.69, 9.17) is 5.73 Å². The van der Waals surface area contributed by atoms with Gasteiger partial charge in [-0.2, -0.15) is 0 Å². The minimum atomic E-state index is 0.346. The van der Waals surface area contributed by atoms with E-state index in [1.54, 1.807) is 6.20 Å². The Hall–Kier alpha value is -0.680. The summed E-state index contributed by atoms with van der Waals surface area (Å²) in [6.07, 6.45) is 3.81. The van der Waals surface area contributed by atoms with E-state index in [2.05, 4.69) is 30.8 Å². The van der Waals surface area contributed by atoms with Crippen molar-refractivity contribution in [1.29, 1.82) is 0 Å². The van der Waals surface area contributed by atoms with Gasteiger partial charge in [-0.1, -0.05) is 0 Å². The van der Waals surface area contributed by atoms with Crippen molar-refractivity contribution < 1.29 is 0 Å². The Balaban J connectivity index is 2.08. The summed E-state index contributed by atoms with van der Waals surface area (Å²) in [5.41, 5.74) is 5.83.